The Bertz CT molecular complexity index is 1150. The SMILES string of the molecule is NC(=O)C1(Cc2ccccc2-c2ccccc2F)CCN(C(=O)c2cccc(F)c2)C1. The van der Waals surface area contributed by atoms with Crippen LogP contribution >= 0.6 is 0 Å². The molecule has 0 radical (unpaired) electrons. The highest BCUT2D eigenvalue weighted by Crippen LogP contribution is 2.38. The molecule has 31 heavy (non-hydrogen) atoms. The predicted octanol–water partition coefficient (Wildman–Crippen LogP) is 4.19. The molecule has 1 saturated heterocycles. The molecule has 0 aromatic heterocycles. The van der Waals surface area contributed by atoms with Gasteiger partial charge in [-0.25, -0.2) is 8.78 Å². The lowest BCUT2D eigenvalue weighted by molar-refractivity contribution is -0.126. The molecular weight excluding hydrogens is 398 g/mol. The molecule has 1 atom stereocenters. The van der Waals surface area contributed by atoms with Crippen LogP contribution in [-0.2, 0) is 11.2 Å². The van der Waals surface area contributed by atoms with Gasteiger partial charge in [0.25, 0.3) is 5.91 Å². The fourth-order valence-electron chi connectivity index (χ4n) is 4.26. The quantitative estimate of drug-likeness (QED) is 0.673. The van der Waals surface area contributed by atoms with Crippen LogP contribution < -0.4 is 5.73 Å². The van der Waals surface area contributed by atoms with E-state index in [-0.39, 0.29) is 30.3 Å². The third-order valence-electron chi connectivity index (χ3n) is 5.95. The van der Waals surface area contributed by atoms with E-state index in [9.17, 15) is 18.4 Å². The van der Waals surface area contributed by atoms with E-state index in [1.807, 2.05) is 24.3 Å². The van der Waals surface area contributed by atoms with E-state index in [4.69, 9.17) is 5.73 Å². The van der Waals surface area contributed by atoms with Crippen molar-refractivity contribution in [1.82, 2.24) is 4.90 Å². The number of hydrogen-bond donors (Lipinski definition) is 1. The summed E-state index contributed by atoms with van der Waals surface area (Å²) < 4.78 is 28.0. The minimum Gasteiger partial charge on any atom is -0.369 e. The highest BCUT2D eigenvalue weighted by Gasteiger charge is 2.45. The lowest BCUT2D eigenvalue weighted by Gasteiger charge is -2.27. The van der Waals surface area contributed by atoms with Crippen LogP contribution in [0.2, 0.25) is 0 Å². The van der Waals surface area contributed by atoms with Crippen molar-refractivity contribution in [2.24, 2.45) is 11.1 Å². The first-order valence-electron chi connectivity index (χ1n) is 10.1. The molecule has 6 heteroatoms. The number of halogens is 2. The minimum atomic E-state index is -0.982. The first-order chi connectivity index (χ1) is 14.9. The summed E-state index contributed by atoms with van der Waals surface area (Å²) in [6, 6.07) is 19.3. The van der Waals surface area contributed by atoms with E-state index in [2.05, 4.69) is 0 Å². The molecule has 4 rings (SSSR count). The van der Waals surface area contributed by atoms with Crippen LogP contribution in [0.15, 0.2) is 72.8 Å². The van der Waals surface area contributed by atoms with Gasteiger partial charge in [-0.1, -0.05) is 48.5 Å². The summed E-state index contributed by atoms with van der Waals surface area (Å²) in [6.07, 6.45) is 0.661. The maximum Gasteiger partial charge on any atom is 0.253 e. The summed E-state index contributed by atoms with van der Waals surface area (Å²) in [6.45, 7) is 0.462. The van der Waals surface area contributed by atoms with E-state index in [1.165, 1.54) is 29.2 Å². The van der Waals surface area contributed by atoms with E-state index < -0.39 is 17.1 Å². The molecule has 1 fully saturated rings. The molecule has 3 aromatic carbocycles. The molecule has 4 nitrogen and oxygen atoms in total. The minimum absolute atomic E-state index is 0.128. The number of carbonyl (C=O) groups excluding carboxylic acids is 2. The average molecular weight is 420 g/mol. The number of nitrogens with zero attached hydrogens (tertiary/aromatic N) is 1. The van der Waals surface area contributed by atoms with Crippen molar-refractivity contribution in [1.29, 1.82) is 0 Å². The van der Waals surface area contributed by atoms with Gasteiger partial charge in [-0.2, -0.15) is 0 Å². The third-order valence-corrected chi connectivity index (χ3v) is 5.95. The molecule has 0 spiro atoms. The first kappa shape index (κ1) is 20.7. The summed E-state index contributed by atoms with van der Waals surface area (Å²) >= 11 is 0. The third kappa shape index (κ3) is 4.06. The second-order valence-corrected chi connectivity index (χ2v) is 7.95. The number of hydrogen-bond acceptors (Lipinski definition) is 2. The average Bonchev–Trinajstić information content (AvgIpc) is 3.20. The first-order valence-corrected chi connectivity index (χ1v) is 10.1. The van der Waals surface area contributed by atoms with E-state index in [0.717, 1.165) is 5.56 Å². The van der Waals surface area contributed by atoms with Crippen molar-refractivity contribution in [3.8, 4) is 11.1 Å². The number of amides is 2. The van der Waals surface area contributed by atoms with Gasteiger partial charge in [0, 0.05) is 24.2 Å². The Balaban J connectivity index is 1.64. The molecule has 0 saturated carbocycles. The molecule has 2 amide bonds. The van der Waals surface area contributed by atoms with Gasteiger partial charge in [0.15, 0.2) is 0 Å². The Morgan fingerprint density at radius 3 is 2.35 bits per heavy atom. The molecule has 1 unspecified atom stereocenters. The van der Waals surface area contributed by atoms with Gasteiger partial charge in [0.2, 0.25) is 5.91 Å². The Labute approximate surface area is 179 Å². The van der Waals surface area contributed by atoms with Gasteiger partial charge in [-0.05, 0) is 48.2 Å². The second-order valence-electron chi connectivity index (χ2n) is 7.95. The van der Waals surface area contributed by atoms with Crippen LogP contribution in [0.3, 0.4) is 0 Å². The smallest absolute Gasteiger partial charge is 0.253 e. The Kier molecular flexibility index (Phi) is 5.55. The lowest BCUT2D eigenvalue weighted by atomic mass is 9.78. The van der Waals surface area contributed by atoms with Crippen molar-refractivity contribution in [3.63, 3.8) is 0 Å². The molecule has 1 aliphatic heterocycles. The molecule has 1 heterocycles. The van der Waals surface area contributed by atoms with Gasteiger partial charge < -0.3 is 10.6 Å². The van der Waals surface area contributed by atoms with Crippen LogP contribution in [0, 0.1) is 17.0 Å². The lowest BCUT2D eigenvalue weighted by Crippen LogP contribution is -2.42. The van der Waals surface area contributed by atoms with Crippen LogP contribution in [-0.4, -0.2) is 29.8 Å². The standard InChI is InChI=1S/C25H22F2N2O2/c26-19-8-5-7-17(14-19)23(30)29-13-12-25(16-29,24(28)31)15-18-6-1-2-9-20(18)21-10-3-4-11-22(21)27/h1-11,14H,12-13,15-16H2,(H2,28,31). The zero-order valence-electron chi connectivity index (χ0n) is 16.9. The number of primary amides is 1. The molecular formula is C25H22F2N2O2. The Morgan fingerprint density at radius 1 is 0.935 bits per heavy atom. The van der Waals surface area contributed by atoms with E-state index >= 15 is 0 Å². The fraction of sp³-hybridized carbons (Fsp3) is 0.200. The van der Waals surface area contributed by atoms with Gasteiger partial charge in [0.1, 0.15) is 11.6 Å². The van der Waals surface area contributed by atoms with E-state index in [0.29, 0.717) is 24.1 Å². The van der Waals surface area contributed by atoms with Crippen LogP contribution in [0.1, 0.15) is 22.3 Å². The Hall–Kier alpha value is -3.54. The molecule has 0 bridgehead atoms. The highest BCUT2D eigenvalue weighted by atomic mass is 19.1. The highest BCUT2D eigenvalue weighted by molar-refractivity contribution is 5.95. The van der Waals surface area contributed by atoms with Gasteiger partial charge in [0.05, 0.1) is 5.41 Å². The molecule has 3 aromatic rings. The molecule has 0 aliphatic carbocycles. The summed E-state index contributed by atoms with van der Waals surface area (Å²) in [7, 11) is 0. The Morgan fingerprint density at radius 2 is 1.65 bits per heavy atom. The summed E-state index contributed by atoms with van der Waals surface area (Å²) in [5, 5.41) is 0. The van der Waals surface area contributed by atoms with Crippen molar-refractivity contribution < 1.29 is 18.4 Å². The largest absolute Gasteiger partial charge is 0.369 e. The monoisotopic (exact) mass is 420 g/mol. The summed E-state index contributed by atoms with van der Waals surface area (Å²) in [5.74, 6) is -1.70. The molecule has 158 valence electrons. The van der Waals surface area contributed by atoms with Gasteiger partial charge >= 0.3 is 0 Å². The predicted molar refractivity (Wildman–Crippen MR) is 114 cm³/mol. The summed E-state index contributed by atoms with van der Waals surface area (Å²) in [5.41, 5.74) is 6.98. The van der Waals surface area contributed by atoms with Crippen molar-refractivity contribution >= 4 is 11.8 Å². The maximum atomic E-state index is 14.4. The van der Waals surface area contributed by atoms with Gasteiger partial charge in [-0.3, -0.25) is 9.59 Å². The molecule has 1 aliphatic rings. The second kappa shape index (κ2) is 8.30. The van der Waals surface area contributed by atoms with Crippen LogP contribution in [0.5, 0.6) is 0 Å². The molecule has 2 N–H and O–H groups in total. The zero-order valence-corrected chi connectivity index (χ0v) is 16.9. The topological polar surface area (TPSA) is 63.4 Å². The van der Waals surface area contributed by atoms with E-state index in [1.54, 1.807) is 24.3 Å². The fourth-order valence-corrected chi connectivity index (χ4v) is 4.26. The number of rotatable bonds is 5. The number of likely N-dealkylation sites (tertiary alicyclic amines) is 1. The van der Waals surface area contributed by atoms with Crippen molar-refractivity contribution in [2.45, 2.75) is 12.8 Å². The maximum absolute atomic E-state index is 14.4. The number of nitrogens with two attached hydrogens (primary N) is 1. The number of benzene rings is 3. The number of carbonyl (C=O) groups is 2. The van der Waals surface area contributed by atoms with Crippen molar-refractivity contribution in [3.05, 3.63) is 95.6 Å². The van der Waals surface area contributed by atoms with Crippen LogP contribution in [0.4, 0.5) is 8.78 Å². The van der Waals surface area contributed by atoms with Crippen LogP contribution in [0.25, 0.3) is 11.1 Å². The van der Waals surface area contributed by atoms with Gasteiger partial charge in [-0.15, -0.1) is 0 Å². The van der Waals surface area contributed by atoms with Crippen molar-refractivity contribution in [2.75, 3.05) is 13.1 Å². The normalized spacial score (nSPS) is 18.2. The zero-order chi connectivity index (χ0) is 22.0. The summed E-state index contributed by atoms with van der Waals surface area (Å²) in [4.78, 5) is 26.9.